The number of aliphatic hydroxyl groups is 1. The van der Waals surface area contributed by atoms with Gasteiger partial charge in [0.1, 0.15) is 11.4 Å². The number of aliphatic hydroxyl groups excluding tert-OH is 1. The number of methoxy groups -OCH3 is 1. The number of carbonyl (C=O) groups excluding carboxylic acids is 2. The third-order valence-corrected chi connectivity index (χ3v) is 7.74. The summed E-state index contributed by atoms with van der Waals surface area (Å²) in [6.45, 7) is 3.25. The van der Waals surface area contributed by atoms with Crippen molar-refractivity contribution < 1.29 is 19.4 Å². The van der Waals surface area contributed by atoms with Crippen LogP contribution in [0.1, 0.15) is 43.6 Å². The maximum atomic E-state index is 13.3. The van der Waals surface area contributed by atoms with Gasteiger partial charge in [-0.1, -0.05) is 35.9 Å². The molecule has 0 unspecified atom stereocenters. The number of ether oxygens (including phenoxy) is 1. The minimum Gasteiger partial charge on any atom is -0.496 e. The average molecular weight is 575 g/mol. The monoisotopic (exact) mass is 574 g/mol. The lowest BCUT2D eigenvalue weighted by Crippen LogP contribution is -2.27. The Hall–Kier alpha value is -4.25. The van der Waals surface area contributed by atoms with E-state index in [1.807, 2.05) is 49.9 Å². The first-order chi connectivity index (χ1) is 19.7. The maximum absolute atomic E-state index is 13.3. The van der Waals surface area contributed by atoms with Crippen LogP contribution >= 0.6 is 11.6 Å². The SMILES string of the molecule is COc1cc(C(=O)Nc2cccc(-c3cccc(NC(=O)c4nc5c(n4C)CCN(C)C5)c3Cl)c2C)ncc1CO. The van der Waals surface area contributed by atoms with Crippen LogP contribution in [0.3, 0.4) is 0 Å². The summed E-state index contributed by atoms with van der Waals surface area (Å²) in [5.74, 6) is -0.0488. The van der Waals surface area contributed by atoms with Crippen molar-refractivity contribution in [2.45, 2.75) is 26.5 Å². The molecule has 11 heteroatoms. The normalized spacial score (nSPS) is 13.0. The molecule has 0 radical (unpaired) electrons. The predicted octanol–water partition coefficient (Wildman–Crippen LogP) is 4.44. The van der Waals surface area contributed by atoms with Gasteiger partial charge in [0.2, 0.25) is 0 Å². The second-order valence-electron chi connectivity index (χ2n) is 9.97. The molecule has 0 spiro atoms. The lowest BCUT2D eigenvalue weighted by atomic mass is 9.98. The molecule has 4 aromatic rings. The van der Waals surface area contributed by atoms with Gasteiger partial charge in [0.15, 0.2) is 5.82 Å². The van der Waals surface area contributed by atoms with E-state index in [9.17, 15) is 14.7 Å². The highest BCUT2D eigenvalue weighted by Crippen LogP contribution is 2.37. The first-order valence-electron chi connectivity index (χ1n) is 13.1. The van der Waals surface area contributed by atoms with Gasteiger partial charge in [-0.15, -0.1) is 0 Å². The molecule has 0 bridgehead atoms. The Labute approximate surface area is 242 Å². The molecule has 1 aliphatic heterocycles. The molecule has 10 nitrogen and oxygen atoms in total. The molecule has 0 aliphatic carbocycles. The summed E-state index contributed by atoms with van der Waals surface area (Å²) in [6.07, 6.45) is 2.25. The Morgan fingerprint density at radius 2 is 1.78 bits per heavy atom. The number of rotatable bonds is 7. The number of likely N-dealkylation sites (N-methyl/N-ethyl adjacent to an activating group) is 1. The number of halogens is 1. The summed E-state index contributed by atoms with van der Waals surface area (Å²) >= 11 is 6.84. The molecule has 2 amide bonds. The van der Waals surface area contributed by atoms with Crippen molar-refractivity contribution in [3.05, 3.63) is 87.7 Å². The molecule has 5 rings (SSSR count). The lowest BCUT2D eigenvalue weighted by Gasteiger charge is -2.21. The number of hydrogen-bond donors (Lipinski definition) is 3. The van der Waals surface area contributed by atoms with Crippen molar-refractivity contribution in [3.63, 3.8) is 0 Å². The number of hydrogen-bond acceptors (Lipinski definition) is 7. The van der Waals surface area contributed by atoms with E-state index < -0.39 is 5.91 Å². The van der Waals surface area contributed by atoms with Crippen LogP contribution in [0.25, 0.3) is 11.1 Å². The second kappa shape index (κ2) is 11.7. The van der Waals surface area contributed by atoms with Crippen LogP contribution in [0.4, 0.5) is 11.4 Å². The number of anilines is 2. The molecular weight excluding hydrogens is 544 g/mol. The van der Waals surface area contributed by atoms with Crippen molar-refractivity contribution in [1.82, 2.24) is 19.4 Å². The van der Waals surface area contributed by atoms with E-state index >= 15 is 0 Å². The second-order valence-corrected chi connectivity index (χ2v) is 10.3. The molecule has 0 saturated carbocycles. The molecule has 0 atom stereocenters. The smallest absolute Gasteiger partial charge is 0.291 e. The summed E-state index contributed by atoms with van der Waals surface area (Å²) < 4.78 is 7.11. The molecule has 0 fully saturated rings. The standard InChI is InChI=1S/C30H31ClN6O4/c1-17-19(7-5-9-21(17)34-29(39)23-13-26(41-4)18(16-38)14-32-23)20-8-6-10-22(27(20)31)35-30(40)28-33-24-15-36(2)12-11-25(24)37(28)3/h5-10,13-14,38H,11-12,15-16H2,1-4H3,(H,34,39)(H,35,40). The molecule has 212 valence electrons. The van der Waals surface area contributed by atoms with E-state index in [1.165, 1.54) is 19.4 Å². The zero-order valence-electron chi connectivity index (χ0n) is 23.3. The highest BCUT2D eigenvalue weighted by molar-refractivity contribution is 6.36. The minimum absolute atomic E-state index is 0.147. The summed E-state index contributed by atoms with van der Waals surface area (Å²) in [6, 6.07) is 12.4. The molecule has 3 N–H and O–H groups in total. The fourth-order valence-electron chi connectivity index (χ4n) is 5.02. The Morgan fingerprint density at radius 1 is 1.07 bits per heavy atom. The third-order valence-electron chi connectivity index (χ3n) is 7.34. The van der Waals surface area contributed by atoms with Gasteiger partial charge in [0, 0.05) is 61.3 Å². The Bertz CT molecular complexity index is 1650. The highest BCUT2D eigenvalue weighted by atomic mass is 35.5. The van der Waals surface area contributed by atoms with E-state index in [-0.39, 0.29) is 18.2 Å². The van der Waals surface area contributed by atoms with Crippen molar-refractivity contribution in [2.75, 3.05) is 31.3 Å². The quantitative estimate of drug-likeness (QED) is 0.298. The number of nitrogens with zero attached hydrogens (tertiary/aromatic N) is 4. The molecule has 1 aliphatic rings. The summed E-state index contributed by atoms with van der Waals surface area (Å²) in [5.41, 5.74) is 5.93. The van der Waals surface area contributed by atoms with Crippen molar-refractivity contribution in [2.24, 2.45) is 7.05 Å². The van der Waals surface area contributed by atoms with Gasteiger partial charge in [-0.25, -0.2) is 4.98 Å². The number of imidazole rings is 1. The van der Waals surface area contributed by atoms with Crippen LogP contribution in [-0.2, 0) is 26.6 Å². The van der Waals surface area contributed by atoms with Gasteiger partial charge in [0.25, 0.3) is 11.8 Å². The molecule has 3 heterocycles. The number of pyridine rings is 1. The largest absolute Gasteiger partial charge is 0.496 e. The minimum atomic E-state index is -0.427. The topological polar surface area (TPSA) is 122 Å². The molecule has 2 aromatic carbocycles. The van der Waals surface area contributed by atoms with Gasteiger partial charge < -0.3 is 29.9 Å². The Morgan fingerprint density at radius 3 is 2.51 bits per heavy atom. The van der Waals surface area contributed by atoms with Crippen molar-refractivity contribution in [3.8, 4) is 16.9 Å². The van der Waals surface area contributed by atoms with Gasteiger partial charge in [0.05, 0.1) is 30.1 Å². The van der Waals surface area contributed by atoms with Crippen LogP contribution in [0.15, 0.2) is 48.7 Å². The lowest BCUT2D eigenvalue weighted by molar-refractivity contribution is 0.100. The Kier molecular flexibility index (Phi) is 8.07. The average Bonchev–Trinajstić information content (AvgIpc) is 3.30. The van der Waals surface area contributed by atoms with Crippen LogP contribution in [0.2, 0.25) is 5.02 Å². The highest BCUT2D eigenvalue weighted by Gasteiger charge is 2.25. The number of benzene rings is 2. The van der Waals surface area contributed by atoms with E-state index in [1.54, 1.807) is 12.1 Å². The zero-order valence-corrected chi connectivity index (χ0v) is 24.0. The predicted molar refractivity (Wildman–Crippen MR) is 157 cm³/mol. The fraction of sp³-hybridized carbons (Fsp3) is 0.267. The Balaban J connectivity index is 1.39. The van der Waals surface area contributed by atoms with Crippen LogP contribution in [0, 0.1) is 6.92 Å². The zero-order chi connectivity index (χ0) is 29.3. The summed E-state index contributed by atoms with van der Waals surface area (Å²) in [7, 11) is 5.36. The number of fused-ring (bicyclic) bond motifs is 1. The van der Waals surface area contributed by atoms with Gasteiger partial charge >= 0.3 is 0 Å². The van der Waals surface area contributed by atoms with Crippen molar-refractivity contribution >= 4 is 34.8 Å². The van der Waals surface area contributed by atoms with Crippen LogP contribution in [-0.4, -0.2) is 57.1 Å². The summed E-state index contributed by atoms with van der Waals surface area (Å²) in [5, 5.41) is 15.6. The number of aromatic nitrogens is 3. The maximum Gasteiger partial charge on any atom is 0.291 e. The summed E-state index contributed by atoms with van der Waals surface area (Å²) in [4.78, 5) is 37.2. The van der Waals surface area contributed by atoms with Crippen LogP contribution < -0.4 is 15.4 Å². The first kappa shape index (κ1) is 28.3. The third kappa shape index (κ3) is 5.54. The van der Waals surface area contributed by atoms with Gasteiger partial charge in [-0.05, 0) is 37.2 Å². The number of nitrogens with one attached hydrogen (secondary N) is 2. The number of amides is 2. The van der Waals surface area contributed by atoms with Crippen molar-refractivity contribution in [1.29, 1.82) is 0 Å². The molecular formula is C30H31ClN6O4. The van der Waals surface area contributed by atoms with Gasteiger partial charge in [-0.3, -0.25) is 14.6 Å². The van der Waals surface area contributed by atoms with E-state index in [0.29, 0.717) is 45.6 Å². The molecule has 2 aromatic heterocycles. The van der Waals surface area contributed by atoms with E-state index in [0.717, 1.165) is 35.5 Å². The number of carbonyl (C=O) groups is 2. The molecule has 41 heavy (non-hydrogen) atoms. The first-order valence-corrected chi connectivity index (χ1v) is 13.5. The fourth-order valence-corrected chi connectivity index (χ4v) is 5.30. The molecule has 0 saturated heterocycles. The van der Waals surface area contributed by atoms with E-state index in [2.05, 4.69) is 25.5 Å². The van der Waals surface area contributed by atoms with Gasteiger partial charge in [-0.2, -0.15) is 0 Å². The van der Waals surface area contributed by atoms with E-state index in [4.69, 9.17) is 16.3 Å². The van der Waals surface area contributed by atoms with Crippen LogP contribution in [0.5, 0.6) is 5.75 Å².